The van der Waals surface area contributed by atoms with Crippen molar-refractivity contribution in [3.63, 3.8) is 0 Å². The second-order valence-corrected chi connectivity index (χ2v) is 8.56. The summed E-state index contributed by atoms with van der Waals surface area (Å²) in [6.07, 6.45) is 2.39. The maximum atomic E-state index is 13.0. The molecule has 2 heterocycles. The number of aromatic nitrogens is 4. The van der Waals surface area contributed by atoms with Crippen LogP contribution in [0.4, 0.5) is 0 Å². The minimum absolute atomic E-state index is 0.115. The van der Waals surface area contributed by atoms with Crippen LogP contribution in [0.1, 0.15) is 60.2 Å². The van der Waals surface area contributed by atoms with E-state index in [0.29, 0.717) is 18.3 Å². The first kappa shape index (κ1) is 20.7. The highest BCUT2D eigenvalue weighted by atomic mass is 32.2. The van der Waals surface area contributed by atoms with E-state index in [-0.39, 0.29) is 5.78 Å². The van der Waals surface area contributed by atoms with Gasteiger partial charge >= 0.3 is 0 Å². The van der Waals surface area contributed by atoms with Gasteiger partial charge in [-0.2, -0.15) is 0 Å². The number of thioether (sulfide) groups is 1. The van der Waals surface area contributed by atoms with Crippen LogP contribution >= 0.6 is 11.8 Å². The number of carbonyl (C=O) groups is 1. The summed E-state index contributed by atoms with van der Waals surface area (Å²) >= 11 is 1.48. The lowest BCUT2D eigenvalue weighted by atomic mass is 10.2. The highest BCUT2D eigenvalue weighted by molar-refractivity contribution is 7.99. The van der Waals surface area contributed by atoms with Gasteiger partial charge in [-0.15, -0.1) is 10.2 Å². The van der Waals surface area contributed by atoms with Crippen molar-refractivity contribution in [1.82, 2.24) is 19.3 Å². The van der Waals surface area contributed by atoms with Crippen molar-refractivity contribution >= 4 is 17.5 Å². The van der Waals surface area contributed by atoms with E-state index in [1.54, 1.807) is 0 Å². The molecule has 1 fully saturated rings. The predicted molar refractivity (Wildman–Crippen MR) is 119 cm³/mol. The summed E-state index contributed by atoms with van der Waals surface area (Å²) in [5.41, 5.74) is 3.79. The summed E-state index contributed by atoms with van der Waals surface area (Å²) in [7, 11) is 0. The molecular weight excluding hydrogens is 396 g/mol. The van der Waals surface area contributed by atoms with Gasteiger partial charge in [0.15, 0.2) is 10.9 Å². The fraction of sp³-hybridized carbons (Fsp3) is 0.435. The summed E-state index contributed by atoms with van der Waals surface area (Å²) in [5.74, 6) is 2.94. The van der Waals surface area contributed by atoms with Crippen molar-refractivity contribution in [3.8, 4) is 11.4 Å². The van der Waals surface area contributed by atoms with Crippen LogP contribution in [-0.4, -0.2) is 37.5 Å². The van der Waals surface area contributed by atoms with Gasteiger partial charge in [-0.1, -0.05) is 11.8 Å². The van der Waals surface area contributed by atoms with Gasteiger partial charge in [-0.25, -0.2) is 0 Å². The molecule has 6 nitrogen and oxygen atoms in total. The largest absolute Gasteiger partial charge is 0.494 e. The molecule has 0 amide bonds. The average Bonchev–Trinajstić information content (AvgIpc) is 3.43. The number of ketones is 1. The number of nitrogens with zero attached hydrogens (tertiary/aromatic N) is 4. The Balaban J connectivity index is 1.50. The Hall–Kier alpha value is -2.54. The van der Waals surface area contributed by atoms with E-state index in [9.17, 15) is 4.79 Å². The number of hydrogen-bond acceptors (Lipinski definition) is 5. The number of benzene rings is 1. The molecule has 1 aliphatic rings. The number of carbonyl (C=O) groups excluding carboxylic acids is 1. The second-order valence-electron chi connectivity index (χ2n) is 7.62. The van der Waals surface area contributed by atoms with E-state index in [0.717, 1.165) is 45.9 Å². The van der Waals surface area contributed by atoms with E-state index in [4.69, 9.17) is 4.74 Å². The molecule has 0 saturated heterocycles. The number of aryl methyl sites for hydroxylation is 1. The Kier molecular flexibility index (Phi) is 5.99. The molecule has 0 radical (unpaired) electrons. The first-order chi connectivity index (χ1) is 14.5. The van der Waals surface area contributed by atoms with Gasteiger partial charge in [-0.05, 0) is 70.9 Å². The van der Waals surface area contributed by atoms with Crippen LogP contribution in [-0.2, 0) is 6.54 Å². The summed E-state index contributed by atoms with van der Waals surface area (Å²) in [4.78, 5) is 13.0. The van der Waals surface area contributed by atoms with Crippen LogP contribution in [0.2, 0.25) is 0 Å². The topological polar surface area (TPSA) is 61.9 Å². The Morgan fingerprint density at radius 2 is 1.90 bits per heavy atom. The summed E-state index contributed by atoms with van der Waals surface area (Å²) in [6.45, 7) is 9.59. The fourth-order valence-electron chi connectivity index (χ4n) is 3.86. The molecule has 1 saturated carbocycles. The van der Waals surface area contributed by atoms with E-state index < -0.39 is 0 Å². The standard InChI is InChI=1S/C23H28N4O2S/c1-5-26-22(17-7-8-17)24-25-23(26)30-14-21(28)20-13-15(3)27(16(20)4)18-9-11-19(12-10-18)29-6-2/h9-13,17H,5-8,14H2,1-4H3. The minimum atomic E-state index is 0.115. The van der Waals surface area contributed by atoms with Crippen molar-refractivity contribution in [1.29, 1.82) is 0 Å². The van der Waals surface area contributed by atoms with Gasteiger partial charge < -0.3 is 13.9 Å². The van der Waals surface area contributed by atoms with Crippen molar-refractivity contribution in [3.05, 3.63) is 53.1 Å². The summed E-state index contributed by atoms with van der Waals surface area (Å²) in [6, 6.07) is 9.96. The molecule has 158 valence electrons. The maximum absolute atomic E-state index is 13.0. The van der Waals surface area contributed by atoms with E-state index in [1.165, 1.54) is 24.6 Å². The summed E-state index contributed by atoms with van der Waals surface area (Å²) < 4.78 is 9.80. The summed E-state index contributed by atoms with van der Waals surface area (Å²) in [5, 5.41) is 9.54. The Morgan fingerprint density at radius 3 is 2.53 bits per heavy atom. The molecule has 0 spiro atoms. The monoisotopic (exact) mass is 424 g/mol. The molecule has 2 aromatic heterocycles. The lowest BCUT2D eigenvalue weighted by Gasteiger charge is -2.11. The SMILES string of the molecule is CCOc1ccc(-n2c(C)cc(C(=O)CSc3nnc(C4CC4)n3CC)c2C)cc1. The molecule has 0 aliphatic heterocycles. The van der Waals surface area contributed by atoms with Crippen LogP contribution in [0, 0.1) is 13.8 Å². The van der Waals surface area contributed by atoms with Crippen LogP contribution in [0.15, 0.2) is 35.5 Å². The van der Waals surface area contributed by atoms with Gasteiger partial charge in [-0.3, -0.25) is 4.79 Å². The quantitative estimate of drug-likeness (QED) is 0.359. The first-order valence-corrected chi connectivity index (χ1v) is 11.5. The van der Waals surface area contributed by atoms with Crippen molar-refractivity contribution in [2.24, 2.45) is 0 Å². The minimum Gasteiger partial charge on any atom is -0.494 e. The molecule has 0 N–H and O–H groups in total. The zero-order valence-electron chi connectivity index (χ0n) is 18.0. The average molecular weight is 425 g/mol. The van der Waals surface area contributed by atoms with Crippen molar-refractivity contribution in [2.75, 3.05) is 12.4 Å². The smallest absolute Gasteiger partial charge is 0.191 e. The zero-order valence-corrected chi connectivity index (χ0v) is 18.8. The number of hydrogen-bond donors (Lipinski definition) is 0. The Labute approximate surface area is 181 Å². The molecule has 0 unspecified atom stereocenters. The van der Waals surface area contributed by atoms with Crippen LogP contribution in [0.25, 0.3) is 5.69 Å². The molecular formula is C23H28N4O2S. The van der Waals surface area contributed by atoms with Crippen molar-refractivity contribution in [2.45, 2.75) is 58.2 Å². The molecule has 30 heavy (non-hydrogen) atoms. The molecule has 1 aliphatic carbocycles. The number of ether oxygens (including phenoxy) is 1. The van der Waals surface area contributed by atoms with Crippen LogP contribution in [0.5, 0.6) is 5.75 Å². The van der Waals surface area contributed by atoms with E-state index in [1.807, 2.05) is 51.1 Å². The van der Waals surface area contributed by atoms with E-state index in [2.05, 4.69) is 26.3 Å². The zero-order chi connectivity index (χ0) is 21.3. The van der Waals surface area contributed by atoms with Gasteiger partial charge in [0.25, 0.3) is 0 Å². The molecule has 1 aromatic carbocycles. The predicted octanol–water partition coefficient (Wildman–Crippen LogP) is 4.96. The van der Waals surface area contributed by atoms with Gasteiger partial charge in [0.1, 0.15) is 11.6 Å². The number of rotatable bonds is 9. The third-order valence-electron chi connectivity index (χ3n) is 5.47. The van der Waals surface area contributed by atoms with Gasteiger partial charge in [0.2, 0.25) is 0 Å². The van der Waals surface area contributed by atoms with Crippen molar-refractivity contribution < 1.29 is 9.53 Å². The molecule has 3 aromatic rings. The lowest BCUT2D eigenvalue weighted by molar-refractivity contribution is 0.102. The normalized spacial score (nSPS) is 13.6. The fourth-order valence-corrected chi connectivity index (χ4v) is 4.75. The molecule has 7 heteroatoms. The number of Topliss-reactive ketones (excluding diaryl/α,β-unsaturated/α-hetero) is 1. The second kappa shape index (κ2) is 8.68. The molecule has 0 atom stereocenters. The van der Waals surface area contributed by atoms with Crippen LogP contribution < -0.4 is 4.74 Å². The lowest BCUT2D eigenvalue weighted by Crippen LogP contribution is -2.07. The third kappa shape index (κ3) is 4.03. The molecule has 0 bridgehead atoms. The van der Waals surface area contributed by atoms with Gasteiger partial charge in [0.05, 0.1) is 12.4 Å². The molecule has 4 rings (SSSR count). The first-order valence-electron chi connectivity index (χ1n) is 10.5. The highest BCUT2D eigenvalue weighted by Gasteiger charge is 2.30. The van der Waals surface area contributed by atoms with Crippen LogP contribution in [0.3, 0.4) is 0 Å². The third-order valence-corrected chi connectivity index (χ3v) is 6.44. The Bertz CT molecular complexity index is 1050. The van der Waals surface area contributed by atoms with Gasteiger partial charge in [0, 0.05) is 35.1 Å². The van der Waals surface area contributed by atoms with E-state index >= 15 is 0 Å². The Morgan fingerprint density at radius 1 is 1.17 bits per heavy atom. The highest BCUT2D eigenvalue weighted by Crippen LogP contribution is 2.40. The maximum Gasteiger partial charge on any atom is 0.191 e.